The second-order valence-corrected chi connectivity index (χ2v) is 9.71. The van der Waals surface area contributed by atoms with Gasteiger partial charge in [0.25, 0.3) is 0 Å². The molecule has 0 spiro atoms. The van der Waals surface area contributed by atoms with Gasteiger partial charge in [-0.3, -0.25) is 0 Å². The highest BCUT2D eigenvalue weighted by atomic mass is 32.2. The Morgan fingerprint density at radius 1 is 1.04 bits per heavy atom. The lowest BCUT2D eigenvalue weighted by Gasteiger charge is -2.32. The van der Waals surface area contributed by atoms with Crippen molar-refractivity contribution in [2.75, 3.05) is 12.8 Å². The molecule has 4 unspecified atom stereocenters. The lowest BCUT2D eigenvalue weighted by molar-refractivity contribution is 0.208. The first-order chi connectivity index (χ1) is 10.9. The average molecular weight is 345 g/mol. The van der Waals surface area contributed by atoms with Gasteiger partial charge in [-0.15, -0.1) is 0 Å². The fourth-order valence-corrected chi connectivity index (χ4v) is 5.39. The van der Waals surface area contributed by atoms with Crippen LogP contribution in [-0.4, -0.2) is 38.5 Å². The van der Waals surface area contributed by atoms with Crippen molar-refractivity contribution < 1.29 is 13.2 Å². The molecule has 0 bridgehead atoms. The van der Waals surface area contributed by atoms with Crippen molar-refractivity contribution >= 4 is 15.9 Å². The lowest BCUT2D eigenvalue weighted by atomic mass is 9.78. The molecule has 2 N–H and O–H groups in total. The number of hydrogen-bond acceptors (Lipinski definition) is 3. The Kier molecular flexibility index (Phi) is 6.74. The summed E-state index contributed by atoms with van der Waals surface area (Å²) < 4.78 is 23.4. The minimum Gasteiger partial charge on any atom is -0.338 e. The molecule has 0 aromatic rings. The second-order valence-electron chi connectivity index (χ2n) is 7.38. The van der Waals surface area contributed by atoms with Crippen molar-refractivity contribution in [3.63, 3.8) is 0 Å². The summed E-state index contributed by atoms with van der Waals surface area (Å²) in [4.78, 5) is 12.1. The fraction of sp³-hybridized carbons (Fsp3) is 0.941. The van der Waals surface area contributed by atoms with E-state index in [1.54, 1.807) is 0 Å². The van der Waals surface area contributed by atoms with Crippen molar-refractivity contribution in [1.29, 1.82) is 0 Å². The molecule has 23 heavy (non-hydrogen) atoms. The first kappa shape index (κ1) is 18.6. The predicted octanol–water partition coefficient (Wildman–Crippen LogP) is 2.86. The van der Waals surface area contributed by atoms with Crippen molar-refractivity contribution in [3.8, 4) is 0 Å². The number of amides is 2. The van der Waals surface area contributed by atoms with Gasteiger partial charge in [0.2, 0.25) is 0 Å². The van der Waals surface area contributed by atoms with E-state index in [4.69, 9.17) is 0 Å². The van der Waals surface area contributed by atoms with E-state index in [0.29, 0.717) is 12.3 Å². The minimum absolute atomic E-state index is 0.0168. The van der Waals surface area contributed by atoms with Crippen LogP contribution in [0.1, 0.15) is 64.7 Å². The number of nitrogens with one attached hydrogen (secondary N) is 2. The van der Waals surface area contributed by atoms with Crippen LogP contribution in [0.5, 0.6) is 0 Å². The maximum absolute atomic E-state index is 12.1. The topological polar surface area (TPSA) is 75.3 Å². The minimum atomic E-state index is -3.01. The smallest absolute Gasteiger partial charge is 0.315 e. The first-order valence-electron chi connectivity index (χ1n) is 9.13. The van der Waals surface area contributed by atoms with Crippen LogP contribution in [0.2, 0.25) is 0 Å². The van der Waals surface area contributed by atoms with E-state index in [9.17, 15) is 13.2 Å². The van der Waals surface area contributed by atoms with Crippen LogP contribution in [0.3, 0.4) is 0 Å². The Hall–Kier alpha value is -0.780. The van der Waals surface area contributed by atoms with E-state index < -0.39 is 9.84 Å². The largest absolute Gasteiger partial charge is 0.338 e. The molecule has 0 radical (unpaired) electrons. The summed E-state index contributed by atoms with van der Waals surface area (Å²) in [6.45, 7) is 2.98. The zero-order chi connectivity index (χ0) is 16.9. The van der Waals surface area contributed by atoms with Gasteiger partial charge in [0, 0.05) is 18.8 Å². The quantitative estimate of drug-likeness (QED) is 0.805. The molecule has 2 amide bonds. The number of carbonyl (C=O) groups is 1. The standard InChI is InChI=1S/C17H32N2O3S/c1-3-13-7-4-5-8-14(13)12-18-17(20)19-15-9-6-10-16(11-15)23(2,21)22/h13-16H,3-12H2,1-2H3,(H2,18,19,20). The molecule has 2 fully saturated rings. The summed E-state index contributed by atoms with van der Waals surface area (Å²) in [6, 6.07) is -0.151. The summed E-state index contributed by atoms with van der Waals surface area (Å²) in [6.07, 6.45) is 10.6. The van der Waals surface area contributed by atoms with Crippen LogP contribution in [-0.2, 0) is 9.84 Å². The SMILES string of the molecule is CCC1CCCCC1CNC(=O)NC1CCCC(S(C)(=O)=O)C1. The first-order valence-corrected chi connectivity index (χ1v) is 11.1. The Labute approximate surface area is 140 Å². The molecule has 2 aliphatic carbocycles. The van der Waals surface area contributed by atoms with Gasteiger partial charge in [-0.05, 0) is 37.5 Å². The molecule has 2 saturated carbocycles. The summed E-state index contributed by atoms with van der Waals surface area (Å²) in [5.74, 6) is 1.32. The van der Waals surface area contributed by atoms with Gasteiger partial charge in [0.15, 0.2) is 0 Å². The van der Waals surface area contributed by atoms with E-state index >= 15 is 0 Å². The highest BCUT2D eigenvalue weighted by Crippen LogP contribution is 2.31. The molecule has 0 aromatic carbocycles. The molecule has 0 heterocycles. The van der Waals surface area contributed by atoms with Crippen LogP contribution < -0.4 is 10.6 Å². The lowest BCUT2D eigenvalue weighted by Crippen LogP contribution is -2.47. The number of urea groups is 1. The Bertz CT molecular complexity index is 492. The van der Waals surface area contributed by atoms with E-state index in [1.807, 2.05) is 0 Å². The predicted molar refractivity (Wildman–Crippen MR) is 93.2 cm³/mol. The van der Waals surface area contributed by atoms with Crippen LogP contribution in [0.4, 0.5) is 4.79 Å². The monoisotopic (exact) mass is 344 g/mol. The molecule has 2 rings (SSSR count). The summed E-state index contributed by atoms with van der Waals surface area (Å²) in [5.41, 5.74) is 0. The van der Waals surface area contributed by atoms with Crippen LogP contribution in [0, 0.1) is 11.8 Å². The molecule has 5 nitrogen and oxygen atoms in total. The highest BCUT2D eigenvalue weighted by Gasteiger charge is 2.30. The Balaban J connectivity index is 1.76. The molecule has 134 valence electrons. The van der Waals surface area contributed by atoms with Gasteiger partial charge < -0.3 is 10.6 Å². The van der Waals surface area contributed by atoms with Gasteiger partial charge in [-0.1, -0.05) is 39.0 Å². The van der Waals surface area contributed by atoms with Gasteiger partial charge in [-0.25, -0.2) is 13.2 Å². The van der Waals surface area contributed by atoms with E-state index in [2.05, 4.69) is 17.6 Å². The Morgan fingerprint density at radius 3 is 2.39 bits per heavy atom. The maximum Gasteiger partial charge on any atom is 0.315 e. The molecular formula is C17H32N2O3S. The van der Waals surface area contributed by atoms with Gasteiger partial charge >= 0.3 is 6.03 Å². The second kappa shape index (κ2) is 8.36. The summed E-state index contributed by atoms with van der Waals surface area (Å²) in [5, 5.41) is 5.70. The number of sulfone groups is 1. The molecule has 0 saturated heterocycles. The third-order valence-electron chi connectivity index (χ3n) is 5.68. The van der Waals surface area contributed by atoms with Crippen molar-refractivity contribution in [2.45, 2.75) is 76.0 Å². The third kappa shape index (κ3) is 5.66. The number of rotatable bonds is 5. The van der Waals surface area contributed by atoms with Crippen molar-refractivity contribution in [1.82, 2.24) is 10.6 Å². The number of hydrogen-bond donors (Lipinski definition) is 2. The maximum atomic E-state index is 12.1. The van der Waals surface area contributed by atoms with Gasteiger partial charge in [0.05, 0.1) is 5.25 Å². The zero-order valence-corrected chi connectivity index (χ0v) is 15.3. The number of carbonyl (C=O) groups excluding carboxylic acids is 1. The van der Waals surface area contributed by atoms with Crippen LogP contribution in [0.15, 0.2) is 0 Å². The highest BCUT2D eigenvalue weighted by molar-refractivity contribution is 7.91. The van der Waals surface area contributed by atoms with Gasteiger partial charge in [0.1, 0.15) is 9.84 Å². The fourth-order valence-electron chi connectivity index (χ4n) is 4.22. The molecule has 0 aliphatic heterocycles. The van der Waals surface area contributed by atoms with Gasteiger partial charge in [-0.2, -0.15) is 0 Å². The van der Waals surface area contributed by atoms with E-state index in [1.165, 1.54) is 38.4 Å². The molecule has 4 atom stereocenters. The summed E-state index contributed by atoms with van der Waals surface area (Å²) in [7, 11) is -3.01. The van der Waals surface area contributed by atoms with Crippen molar-refractivity contribution in [2.24, 2.45) is 11.8 Å². The van der Waals surface area contributed by atoms with Crippen LogP contribution >= 0.6 is 0 Å². The molecular weight excluding hydrogens is 312 g/mol. The van der Waals surface area contributed by atoms with Crippen LogP contribution in [0.25, 0.3) is 0 Å². The normalized spacial score (nSPS) is 32.3. The van der Waals surface area contributed by atoms with E-state index in [-0.39, 0.29) is 17.3 Å². The van der Waals surface area contributed by atoms with E-state index in [0.717, 1.165) is 31.7 Å². The molecule has 6 heteroatoms. The zero-order valence-electron chi connectivity index (χ0n) is 14.5. The molecule has 0 aromatic heterocycles. The molecule has 2 aliphatic rings. The average Bonchev–Trinajstić information content (AvgIpc) is 2.52. The summed E-state index contributed by atoms with van der Waals surface area (Å²) >= 11 is 0. The van der Waals surface area contributed by atoms with Crippen molar-refractivity contribution in [3.05, 3.63) is 0 Å². The third-order valence-corrected chi connectivity index (χ3v) is 7.32. The Morgan fingerprint density at radius 2 is 1.74 bits per heavy atom.